The molecule has 1 N–H and O–H groups in total. The van der Waals surface area contributed by atoms with Crippen LogP contribution in [0.25, 0.3) is 0 Å². The van der Waals surface area contributed by atoms with Crippen molar-refractivity contribution in [1.82, 2.24) is 0 Å². The van der Waals surface area contributed by atoms with Crippen LogP contribution in [0, 0.1) is 0 Å². The van der Waals surface area contributed by atoms with Gasteiger partial charge in [0, 0.05) is 21.3 Å². The Hall–Kier alpha value is -3.45. The number of halogens is 2. The van der Waals surface area contributed by atoms with E-state index in [0.29, 0.717) is 42.3 Å². The predicted molar refractivity (Wildman–Crippen MR) is 139 cm³/mol. The number of hydrogen-bond acceptors (Lipinski definition) is 3. The molecule has 0 aromatic heterocycles. The summed E-state index contributed by atoms with van der Waals surface area (Å²) < 4.78 is 13.5. The number of amides is 2. The lowest BCUT2D eigenvalue weighted by Gasteiger charge is -2.24. The molecule has 174 valence electrons. The molecule has 1 aliphatic rings. The average molecular weight is 521 g/mol. The van der Waals surface area contributed by atoms with Crippen LogP contribution in [0.2, 0.25) is 10.0 Å². The first-order valence-electron chi connectivity index (χ1n) is 10.7. The summed E-state index contributed by atoms with van der Waals surface area (Å²) in [6.07, 6.45) is 0. The number of hydrogen-bond donors (Lipinski definition) is 1. The summed E-state index contributed by atoms with van der Waals surface area (Å²) in [5, 5.41) is 3.85. The maximum absolute atomic E-state index is 13.7. The van der Waals surface area contributed by atoms with Gasteiger partial charge in [-0.25, -0.2) is 4.21 Å². The van der Waals surface area contributed by atoms with E-state index in [1.807, 2.05) is 12.1 Å². The van der Waals surface area contributed by atoms with Gasteiger partial charge >= 0.3 is 0 Å². The first-order chi connectivity index (χ1) is 16.9. The summed E-state index contributed by atoms with van der Waals surface area (Å²) in [5.41, 5.74) is 2.42. The fourth-order valence-electron chi connectivity index (χ4n) is 3.95. The van der Waals surface area contributed by atoms with Crippen LogP contribution in [0.4, 0.5) is 11.4 Å². The van der Waals surface area contributed by atoms with Gasteiger partial charge in [-0.1, -0.05) is 53.5 Å². The van der Waals surface area contributed by atoms with E-state index in [1.165, 1.54) is 0 Å². The highest BCUT2D eigenvalue weighted by Crippen LogP contribution is 2.36. The van der Waals surface area contributed by atoms with Crippen molar-refractivity contribution in [2.24, 2.45) is 0 Å². The van der Waals surface area contributed by atoms with Gasteiger partial charge in [-0.15, -0.1) is 0 Å². The molecule has 5 nitrogen and oxygen atoms in total. The molecule has 8 heteroatoms. The normalized spacial score (nSPS) is 14.6. The SMILES string of the molecule is O=C(Nc1cccc(Cl)c1)c1ccc2c(c1)N(Cc1cccc(Cl)c1)C(=O)c1ccccc1S2=O. The molecule has 0 radical (unpaired) electrons. The molecule has 0 saturated carbocycles. The molecule has 0 spiro atoms. The third-order valence-electron chi connectivity index (χ3n) is 5.59. The Balaban J connectivity index is 1.60. The lowest BCUT2D eigenvalue weighted by molar-refractivity contribution is 0.0979. The van der Waals surface area contributed by atoms with Crippen LogP contribution in [0.5, 0.6) is 0 Å². The molecular formula is C27H18Cl2N2O3S. The largest absolute Gasteiger partial charge is 0.322 e. The quantitative estimate of drug-likeness (QED) is 0.330. The van der Waals surface area contributed by atoms with Gasteiger partial charge < -0.3 is 10.2 Å². The molecule has 35 heavy (non-hydrogen) atoms. The minimum absolute atomic E-state index is 0.192. The Labute approximate surface area is 214 Å². The van der Waals surface area contributed by atoms with Crippen molar-refractivity contribution in [3.63, 3.8) is 0 Å². The topological polar surface area (TPSA) is 66.5 Å². The number of fused-ring (bicyclic) bond motifs is 2. The third-order valence-corrected chi connectivity index (χ3v) is 7.56. The van der Waals surface area contributed by atoms with E-state index in [1.54, 1.807) is 83.8 Å². The molecule has 2 amide bonds. The van der Waals surface area contributed by atoms with Crippen molar-refractivity contribution in [3.8, 4) is 0 Å². The van der Waals surface area contributed by atoms with Gasteiger partial charge in [0.25, 0.3) is 11.8 Å². The van der Waals surface area contributed by atoms with Crippen molar-refractivity contribution < 1.29 is 13.8 Å². The molecule has 1 unspecified atom stereocenters. The van der Waals surface area contributed by atoms with Gasteiger partial charge in [0.1, 0.15) is 0 Å². The van der Waals surface area contributed by atoms with Crippen molar-refractivity contribution in [2.75, 3.05) is 10.2 Å². The van der Waals surface area contributed by atoms with Crippen LogP contribution >= 0.6 is 23.2 Å². The van der Waals surface area contributed by atoms with Crippen LogP contribution < -0.4 is 10.2 Å². The maximum atomic E-state index is 13.7. The molecule has 0 saturated heterocycles. The number of carbonyl (C=O) groups is 2. The predicted octanol–water partition coefficient (Wildman–Crippen LogP) is 6.57. The minimum Gasteiger partial charge on any atom is -0.322 e. The molecule has 0 aliphatic carbocycles. The Morgan fingerprint density at radius 2 is 1.57 bits per heavy atom. The number of anilines is 2. The second-order valence-corrected chi connectivity index (χ2v) is 10.2. The Morgan fingerprint density at radius 3 is 2.34 bits per heavy atom. The Morgan fingerprint density at radius 1 is 0.829 bits per heavy atom. The maximum Gasteiger partial charge on any atom is 0.259 e. The van der Waals surface area contributed by atoms with Crippen LogP contribution in [0.15, 0.2) is 101 Å². The smallest absolute Gasteiger partial charge is 0.259 e. The highest BCUT2D eigenvalue weighted by atomic mass is 35.5. The van der Waals surface area contributed by atoms with Crippen molar-refractivity contribution in [2.45, 2.75) is 16.3 Å². The summed E-state index contributed by atoms with van der Waals surface area (Å²) in [4.78, 5) is 29.1. The zero-order valence-corrected chi connectivity index (χ0v) is 20.5. The zero-order valence-electron chi connectivity index (χ0n) is 18.2. The molecule has 0 fully saturated rings. The summed E-state index contributed by atoms with van der Waals surface area (Å²) >= 11 is 12.2. The molecule has 0 bridgehead atoms. The number of benzene rings is 4. The first kappa shape index (κ1) is 23.3. The van der Waals surface area contributed by atoms with Gasteiger partial charge in [-0.05, 0) is 66.2 Å². The molecule has 5 rings (SSSR count). The standard InChI is InChI=1S/C27H18Cl2N2O3S/c28-19-6-3-5-17(13-19)16-31-23-14-18(26(32)30-21-8-4-7-20(29)15-21)11-12-25(23)35(34)24-10-2-1-9-22(24)27(31)33/h1-15H,16H2,(H,30,32). The minimum atomic E-state index is -1.61. The van der Waals surface area contributed by atoms with Gasteiger partial charge in [0.2, 0.25) is 0 Å². The second-order valence-electron chi connectivity index (χ2n) is 7.93. The first-order valence-corrected chi connectivity index (χ1v) is 12.6. The van der Waals surface area contributed by atoms with E-state index in [4.69, 9.17) is 23.2 Å². The number of rotatable bonds is 4. The Kier molecular flexibility index (Phi) is 6.43. The number of nitrogens with one attached hydrogen (secondary N) is 1. The second kappa shape index (κ2) is 9.66. The molecule has 1 aliphatic heterocycles. The molecular weight excluding hydrogens is 503 g/mol. The number of nitrogens with zero attached hydrogens (tertiary/aromatic N) is 1. The van der Waals surface area contributed by atoms with Crippen molar-refractivity contribution >= 4 is 57.2 Å². The lowest BCUT2D eigenvalue weighted by Crippen LogP contribution is -2.30. The fraction of sp³-hybridized carbons (Fsp3) is 0.0370. The average Bonchev–Trinajstić information content (AvgIpc) is 2.93. The van der Waals surface area contributed by atoms with E-state index >= 15 is 0 Å². The summed E-state index contributed by atoms with van der Waals surface area (Å²) in [7, 11) is -1.61. The van der Waals surface area contributed by atoms with Crippen LogP contribution in [-0.2, 0) is 17.3 Å². The van der Waals surface area contributed by atoms with E-state index in [0.717, 1.165) is 5.56 Å². The van der Waals surface area contributed by atoms with Gasteiger partial charge in [-0.2, -0.15) is 0 Å². The summed E-state index contributed by atoms with van der Waals surface area (Å²) in [5.74, 6) is -0.683. The van der Waals surface area contributed by atoms with Crippen molar-refractivity contribution in [1.29, 1.82) is 0 Å². The Bertz CT molecular complexity index is 1510. The number of carbonyl (C=O) groups excluding carboxylic acids is 2. The molecule has 4 aromatic rings. The monoisotopic (exact) mass is 520 g/mol. The zero-order chi connectivity index (χ0) is 24.5. The molecule has 4 aromatic carbocycles. The van der Waals surface area contributed by atoms with Gasteiger partial charge in [0.15, 0.2) is 0 Å². The highest BCUT2D eigenvalue weighted by Gasteiger charge is 2.31. The van der Waals surface area contributed by atoms with Crippen molar-refractivity contribution in [3.05, 3.63) is 118 Å². The van der Waals surface area contributed by atoms with E-state index in [-0.39, 0.29) is 18.4 Å². The van der Waals surface area contributed by atoms with E-state index in [9.17, 15) is 13.8 Å². The fourth-order valence-corrected chi connectivity index (χ4v) is 5.70. The summed E-state index contributed by atoms with van der Waals surface area (Å²) in [6, 6.07) is 25.7. The molecule has 1 heterocycles. The van der Waals surface area contributed by atoms with Crippen LogP contribution in [0.3, 0.4) is 0 Å². The van der Waals surface area contributed by atoms with Crippen LogP contribution in [0.1, 0.15) is 26.3 Å². The van der Waals surface area contributed by atoms with Gasteiger partial charge in [-0.3, -0.25) is 9.59 Å². The van der Waals surface area contributed by atoms with E-state index < -0.39 is 10.8 Å². The highest BCUT2D eigenvalue weighted by molar-refractivity contribution is 7.85. The molecule has 1 atom stereocenters. The summed E-state index contributed by atoms with van der Waals surface area (Å²) in [6.45, 7) is 0.192. The lowest BCUT2D eigenvalue weighted by atomic mass is 10.1. The third kappa shape index (κ3) is 4.73. The van der Waals surface area contributed by atoms with Gasteiger partial charge in [0.05, 0.1) is 38.4 Å². The van der Waals surface area contributed by atoms with E-state index in [2.05, 4.69) is 5.32 Å². The van der Waals surface area contributed by atoms with Crippen LogP contribution in [-0.4, -0.2) is 16.0 Å².